The summed E-state index contributed by atoms with van der Waals surface area (Å²) in [5, 5.41) is 12.4. The van der Waals surface area contributed by atoms with Crippen LogP contribution >= 0.6 is 23.2 Å². The van der Waals surface area contributed by atoms with Gasteiger partial charge in [-0.3, -0.25) is 9.59 Å². The summed E-state index contributed by atoms with van der Waals surface area (Å²) in [6, 6.07) is 13.8. The Labute approximate surface area is 143 Å². The smallest absolute Gasteiger partial charge is 0.249 e. The van der Waals surface area contributed by atoms with Crippen LogP contribution in [0.3, 0.4) is 0 Å². The number of hydrogen-bond donors (Lipinski definition) is 1. The number of carbonyl (C=O) groups excluding carboxylic acids is 2. The summed E-state index contributed by atoms with van der Waals surface area (Å²) < 4.78 is 0. The van der Waals surface area contributed by atoms with Gasteiger partial charge in [0.25, 0.3) is 0 Å². The van der Waals surface area contributed by atoms with Gasteiger partial charge in [-0.1, -0.05) is 41.4 Å². The average molecular weight is 347 g/mol. The molecule has 0 aliphatic heterocycles. The number of amides is 1. The summed E-state index contributed by atoms with van der Waals surface area (Å²) in [5.41, 5.74) is 2.02. The van der Waals surface area contributed by atoms with Crippen LogP contribution in [-0.4, -0.2) is 11.7 Å². The van der Waals surface area contributed by atoms with E-state index in [4.69, 9.17) is 28.5 Å². The van der Waals surface area contributed by atoms with Gasteiger partial charge in [0, 0.05) is 16.3 Å². The van der Waals surface area contributed by atoms with Gasteiger partial charge in [0.2, 0.25) is 5.91 Å². The molecule has 0 aliphatic rings. The molecule has 0 aromatic heterocycles. The Kier molecular flexibility index (Phi) is 5.38. The Balaban J connectivity index is 2.25. The first-order valence-corrected chi connectivity index (χ1v) is 7.44. The molecule has 4 nitrogen and oxygen atoms in total. The number of halogens is 2. The predicted octanol–water partition coefficient (Wildman–Crippen LogP) is 4.33. The van der Waals surface area contributed by atoms with E-state index in [2.05, 4.69) is 5.32 Å². The largest absolute Gasteiger partial charge is 0.325 e. The van der Waals surface area contributed by atoms with E-state index in [1.807, 2.05) is 12.1 Å². The van der Waals surface area contributed by atoms with Crippen molar-refractivity contribution in [2.45, 2.75) is 6.92 Å². The molecule has 0 radical (unpaired) electrons. The Bertz CT molecular complexity index is 812. The second-order valence-corrected chi connectivity index (χ2v) is 5.71. The van der Waals surface area contributed by atoms with Crippen LogP contribution in [-0.2, 0) is 9.59 Å². The van der Waals surface area contributed by atoms with Crippen LogP contribution in [0, 0.1) is 17.2 Å². The molecular formula is C17H12Cl2N2O2. The van der Waals surface area contributed by atoms with Crippen LogP contribution in [0.4, 0.5) is 5.69 Å². The SMILES string of the molecule is CC(=O)C(C#N)C(=O)Nc1ccc(-c2cccc(Cl)c2)c(Cl)c1. The van der Waals surface area contributed by atoms with E-state index >= 15 is 0 Å². The van der Waals surface area contributed by atoms with Crippen LogP contribution < -0.4 is 5.32 Å². The fourth-order valence-electron chi connectivity index (χ4n) is 2.03. The molecule has 0 aliphatic carbocycles. The first-order valence-electron chi connectivity index (χ1n) is 6.69. The summed E-state index contributed by atoms with van der Waals surface area (Å²) >= 11 is 12.2. The van der Waals surface area contributed by atoms with E-state index in [1.54, 1.807) is 36.4 Å². The summed E-state index contributed by atoms with van der Waals surface area (Å²) in [5.74, 6) is -2.51. The van der Waals surface area contributed by atoms with Crippen molar-refractivity contribution in [1.82, 2.24) is 0 Å². The van der Waals surface area contributed by atoms with Gasteiger partial charge in [0.1, 0.15) is 0 Å². The fraction of sp³-hybridized carbons (Fsp3) is 0.118. The third-order valence-electron chi connectivity index (χ3n) is 3.17. The molecule has 1 amide bonds. The quantitative estimate of drug-likeness (QED) is 0.837. The topological polar surface area (TPSA) is 70.0 Å². The molecule has 116 valence electrons. The number of hydrogen-bond acceptors (Lipinski definition) is 3. The molecule has 6 heteroatoms. The van der Waals surface area contributed by atoms with Crippen LogP contribution in [0.15, 0.2) is 42.5 Å². The molecule has 0 saturated carbocycles. The second kappa shape index (κ2) is 7.28. The lowest BCUT2D eigenvalue weighted by atomic mass is 10.0. The molecule has 2 aromatic rings. The first kappa shape index (κ1) is 17.0. The highest BCUT2D eigenvalue weighted by Crippen LogP contribution is 2.31. The molecule has 1 N–H and O–H groups in total. The Hall–Kier alpha value is -2.35. The van der Waals surface area contributed by atoms with Crippen molar-refractivity contribution >= 4 is 40.6 Å². The summed E-state index contributed by atoms with van der Waals surface area (Å²) in [6.07, 6.45) is 0. The molecular weight excluding hydrogens is 335 g/mol. The van der Waals surface area contributed by atoms with Gasteiger partial charge in [0.15, 0.2) is 11.7 Å². The summed E-state index contributed by atoms with van der Waals surface area (Å²) in [6.45, 7) is 1.20. The maximum atomic E-state index is 11.9. The maximum Gasteiger partial charge on any atom is 0.249 e. The molecule has 2 rings (SSSR count). The maximum absolute atomic E-state index is 11.9. The number of rotatable bonds is 4. The molecule has 1 atom stereocenters. The average Bonchev–Trinajstić information content (AvgIpc) is 2.47. The highest BCUT2D eigenvalue weighted by Gasteiger charge is 2.22. The normalized spacial score (nSPS) is 11.4. The van der Waals surface area contributed by atoms with Crippen LogP contribution in [0.5, 0.6) is 0 Å². The van der Waals surface area contributed by atoms with Crippen molar-refractivity contribution in [3.8, 4) is 17.2 Å². The standard InChI is InChI=1S/C17H12Cl2N2O2/c1-10(22)15(9-20)17(23)21-13-5-6-14(16(19)8-13)11-3-2-4-12(18)7-11/h2-8,15H,1H3,(H,21,23). The number of benzene rings is 2. The predicted molar refractivity (Wildman–Crippen MR) is 90.3 cm³/mol. The van der Waals surface area contributed by atoms with Gasteiger partial charge in [-0.05, 0) is 36.8 Å². The van der Waals surface area contributed by atoms with E-state index < -0.39 is 17.6 Å². The lowest BCUT2D eigenvalue weighted by Gasteiger charge is -2.10. The Morgan fingerprint density at radius 3 is 2.48 bits per heavy atom. The molecule has 1 unspecified atom stereocenters. The molecule has 0 spiro atoms. The number of nitriles is 1. The summed E-state index contributed by atoms with van der Waals surface area (Å²) in [7, 11) is 0. The van der Waals surface area contributed by atoms with Gasteiger partial charge in [-0.2, -0.15) is 5.26 Å². The van der Waals surface area contributed by atoms with E-state index in [9.17, 15) is 9.59 Å². The summed E-state index contributed by atoms with van der Waals surface area (Å²) in [4.78, 5) is 23.1. The number of Topliss-reactive ketones (excluding diaryl/α,β-unsaturated/α-hetero) is 1. The van der Waals surface area contributed by atoms with Crippen molar-refractivity contribution in [3.63, 3.8) is 0 Å². The van der Waals surface area contributed by atoms with E-state index in [1.165, 1.54) is 6.92 Å². The zero-order valence-electron chi connectivity index (χ0n) is 12.1. The highest BCUT2D eigenvalue weighted by molar-refractivity contribution is 6.34. The van der Waals surface area contributed by atoms with Gasteiger partial charge < -0.3 is 5.32 Å². The molecule has 0 saturated heterocycles. The van der Waals surface area contributed by atoms with Gasteiger partial charge in [-0.25, -0.2) is 0 Å². The number of ketones is 1. The Morgan fingerprint density at radius 1 is 1.17 bits per heavy atom. The van der Waals surface area contributed by atoms with Gasteiger partial charge >= 0.3 is 0 Å². The minimum absolute atomic E-state index is 0.410. The number of carbonyl (C=O) groups is 2. The molecule has 0 heterocycles. The van der Waals surface area contributed by atoms with Gasteiger partial charge in [-0.15, -0.1) is 0 Å². The fourth-order valence-corrected chi connectivity index (χ4v) is 2.51. The molecule has 0 fully saturated rings. The van der Waals surface area contributed by atoms with Crippen molar-refractivity contribution in [2.75, 3.05) is 5.32 Å². The lowest BCUT2D eigenvalue weighted by Crippen LogP contribution is -2.26. The number of nitrogens with zero attached hydrogens (tertiary/aromatic N) is 1. The van der Waals surface area contributed by atoms with Crippen molar-refractivity contribution in [2.24, 2.45) is 5.92 Å². The zero-order chi connectivity index (χ0) is 17.0. The third kappa shape index (κ3) is 4.10. The van der Waals surface area contributed by atoms with E-state index in [0.29, 0.717) is 15.7 Å². The molecule has 23 heavy (non-hydrogen) atoms. The van der Waals surface area contributed by atoms with Crippen LogP contribution in [0.25, 0.3) is 11.1 Å². The second-order valence-electron chi connectivity index (χ2n) is 4.87. The zero-order valence-corrected chi connectivity index (χ0v) is 13.7. The first-order chi connectivity index (χ1) is 10.9. The van der Waals surface area contributed by atoms with E-state index in [0.717, 1.165) is 11.1 Å². The third-order valence-corrected chi connectivity index (χ3v) is 3.72. The molecule has 2 aromatic carbocycles. The van der Waals surface area contributed by atoms with Crippen LogP contribution in [0.1, 0.15) is 6.92 Å². The molecule has 0 bridgehead atoms. The monoisotopic (exact) mass is 346 g/mol. The number of nitrogens with one attached hydrogen (secondary N) is 1. The van der Waals surface area contributed by atoms with Crippen LogP contribution in [0.2, 0.25) is 10.0 Å². The number of anilines is 1. The highest BCUT2D eigenvalue weighted by atomic mass is 35.5. The minimum atomic E-state index is -1.33. The Morgan fingerprint density at radius 2 is 1.91 bits per heavy atom. The van der Waals surface area contributed by atoms with Gasteiger partial charge in [0.05, 0.1) is 11.1 Å². The van der Waals surface area contributed by atoms with Crippen molar-refractivity contribution in [1.29, 1.82) is 5.26 Å². The minimum Gasteiger partial charge on any atom is -0.325 e. The van der Waals surface area contributed by atoms with Crippen molar-refractivity contribution in [3.05, 3.63) is 52.5 Å². The van der Waals surface area contributed by atoms with E-state index in [-0.39, 0.29) is 0 Å². The van der Waals surface area contributed by atoms with Crippen molar-refractivity contribution < 1.29 is 9.59 Å². The lowest BCUT2D eigenvalue weighted by molar-refractivity contribution is -0.127.